The predicted octanol–water partition coefficient (Wildman–Crippen LogP) is 1.60. The summed E-state index contributed by atoms with van der Waals surface area (Å²) in [6, 6.07) is 0.961. The normalized spacial score (nSPS) is 11.5. The number of nitrogens with one attached hydrogen (secondary N) is 1. The number of carbonyl (C=O) groups is 1. The number of methoxy groups -OCH3 is 1. The fourth-order valence-electron chi connectivity index (χ4n) is 2.34. The fourth-order valence-corrected chi connectivity index (χ4v) is 3.05. The summed E-state index contributed by atoms with van der Waals surface area (Å²) in [4.78, 5) is 11.5. The third kappa shape index (κ3) is 15.0. The predicted molar refractivity (Wildman–Crippen MR) is 124 cm³/mol. The summed E-state index contributed by atoms with van der Waals surface area (Å²) in [5.41, 5.74) is 6.24. The van der Waals surface area contributed by atoms with Gasteiger partial charge in [-0.25, -0.2) is 4.79 Å². The molecule has 186 valence electrons. The zero-order valence-corrected chi connectivity index (χ0v) is 20.9. The Labute approximate surface area is 191 Å². The van der Waals surface area contributed by atoms with Gasteiger partial charge in [0.25, 0.3) is 5.88 Å². The second kappa shape index (κ2) is 16.7. The number of nitrogens with zero attached hydrogens (tertiary/aromatic N) is 2. The van der Waals surface area contributed by atoms with E-state index in [2.05, 4.69) is 30.1 Å². The van der Waals surface area contributed by atoms with Gasteiger partial charge in [-0.2, -0.15) is 0 Å². The van der Waals surface area contributed by atoms with Crippen molar-refractivity contribution >= 4 is 19.9 Å². The van der Waals surface area contributed by atoms with E-state index in [1.165, 1.54) is 7.11 Å². The zero-order chi connectivity index (χ0) is 23.7. The van der Waals surface area contributed by atoms with Crippen LogP contribution >= 0.6 is 0 Å². The van der Waals surface area contributed by atoms with Crippen LogP contribution in [0.4, 0.5) is 10.5 Å². The molecule has 1 aromatic rings. The zero-order valence-electron chi connectivity index (χ0n) is 19.9. The highest BCUT2D eigenvalue weighted by Crippen LogP contribution is 2.16. The van der Waals surface area contributed by atoms with E-state index in [4.69, 9.17) is 34.2 Å². The minimum absolute atomic E-state index is 0.393. The van der Waals surface area contributed by atoms with E-state index in [1.54, 1.807) is 10.9 Å². The number of ether oxygens (including phenoxy) is 6. The highest BCUT2D eigenvalue weighted by molar-refractivity contribution is 6.76. The van der Waals surface area contributed by atoms with E-state index >= 15 is 0 Å². The molecular weight excluding hydrogens is 436 g/mol. The molecule has 0 radical (unpaired) electrons. The Bertz CT molecular complexity index is 626. The quantitative estimate of drug-likeness (QED) is 0.226. The molecule has 0 bridgehead atoms. The molecule has 12 heteroatoms. The molecule has 11 nitrogen and oxygen atoms in total. The van der Waals surface area contributed by atoms with Crippen LogP contribution in [0.5, 0.6) is 5.88 Å². The van der Waals surface area contributed by atoms with Crippen LogP contribution in [0.3, 0.4) is 0 Å². The van der Waals surface area contributed by atoms with E-state index in [0.29, 0.717) is 84.1 Å². The van der Waals surface area contributed by atoms with E-state index in [-0.39, 0.29) is 0 Å². The van der Waals surface area contributed by atoms with Crippen LogP contribution in [-0.4, -0.2) is 97.1 Å². The number of hydrogen-bond acceptors (Lipinski definition) is 9. The van der Waals surface area contributed by atoms with Crippen molar-refractivity contribution < 1.29 is 33.2 Å². The molecule has 0 spiro atoms. The van der Waals surface area contributed by atoms with Gasteiger partial charge < -0.3 is 39.5 Å². The number of amides is 1. The Hall–Kier alpha value is -1.86. The van der Waals surface area contributed by atoms with Gasteiger partial charge >= 0.3 is 6.09 Å². The van der Waals surface area contributed by atoms with Crippen molar-refractivity contribution in [1.29, 1.82) is 0 Å². The summed E-state index contributed by atoms with van der Waals surface area (Å²) in [5.74, 6) is 0.420. The van der Waals surface area contributed by atoms with Crippen LogP contribution < -0.4 is 15.8 Å². The standard InChI is InChI=1S/C20H40N4O7Si/c1-26-19-18(21)17-24(23-19)6-8-28-10-12-30-14-13-29-11-9-27-7-5-22-20(25)31-15-16-32(2,3)4/h17H,5-16,21H2,1-4H3,(H,22,25). The molecule has 0 unspecified atom stereocenters. The average molecular weight is 477 g/mol. The summed E-state index contributed by atoms with van der Waals surface area (Å²) in [7, 11) is 0.350. The molecule has 32 heavy (non-hydrogen) atoms. The number of hydrogen-bond donors (Lipinski definition) is 2. The first-order valence-corrected chi connectivity index (χ1v) is 14.6. The molecule has 1 amide bonds. The molecule has 0 aliphatic rings. The van der Waals surface area contributed by atoms with Crippen molar-refractivity contribution in [3.63, 3.8) is 0 Å². The Morgan fingerprint density at radius 3 is 2.06 bits per heavy atom. The topological polar surface area (TPSA) is 128 Å². The summed E-state index contributed by atoms with van der Waals surface area (Å²) in [5, 5.41) is 6.83. The number of nitrogen functional groups attached to an aromatic ring is 1. The first kappa shape index (κ1) is 28.2. The van der Waals surface area contributed by atoms with Crippen molar-refractivity contribution in [2.45, 2.75) is 32.2 Å². The molecule has 0 aromatic carbocycles. The van der Waals surface area contributed by atoms with Gasteiger partial charge in [0.1, 0.15) is 5.69 Å². The lowest BCUT2D eigenvalue weighted by Crippen LogP contribution is -2.30. The third-order valence-corrected chi connectivity index (χ3v) is 5.83. The monoisotopic (exact) mass is 476 g/mol. The summed E-state index contributed by atoms with van der Waals surface area (Å²) in [6.07, 6.45) is 1.32. The second-order valence-corrected chi connectivity index (χ2v) is 13.8. The molecule has 0 aliphatic heterocycles. The average Bonchev–Trinajstić information content (AvgIpc) is 3.09. The first-order valence-electron chi connectivity index (χ1n) is 10.9. The van der Waals surface area contributed by atoms with E-state index in [9.17, 15) is 4.79 Å². The van der Waals surface area contributed by atoms with Crippen molar-refractivity contribution in [3.8, 4) is 5.88 Å². The third-order valence-electron chi connectivity index (χ3n) is 4.13. The van der Waals surface area contributed by atoms with Crippen molar-refractivity contribution in [3.05, 3.63) is 6.20 Å². The minimum Gasteiger partial charge on any atom is -0.478 e. The Kier molecular flexibility index (Phi) is 14.7. The van der Waals surface area contributed by atoms with Gasteiger partial charge in [0.05, 0.1) is 79.3 Å². The van der Waals surface area contributed by atoms with Crippen LogP contribution in [0.2, 0.25) is 25.7 Å². The van der Waals surface area contributed by atoms with Crippen LogP contribution in [0.1, 0.15) is 0 Å². The maximum Gasteiger partial charge on any atom is 0.407 e. The lowest BCUT2D eigenvalue weighted by molar-refractivity contribution is -0.00241. The molecule has 1 rings (SSSR count). The molecule has 1 aromatic heterocycles. The van der Waals surface area contributed by atoms with Crippen LogP contribution in [0, 0.1) is 0 Å². The highest BCUT2D eigenvalue weighted by atomic mass is 28.3. The number of anilines is 1. The molecule has 1 heterocycles. The number of aromatic nitrogens is 2. The molecule has 0 aliphatic carbocycles. The second-order valence-electron chi connectivity index (χ2n) is 8.18. The fraction of sp³-hybridized carbons (Fsp3) is 0.800. The molecule has 0 atom stereocenters. The smallest absolute Gasteiger partial charge is 0.407 e. The maximum atomic E-state index is 11.5. The number of nitrogens with two attached hydrogens (primary N) is 1. The number of carbonyl (C=O) groups excluding carboxylic acids is 1. The lowest BCUT2D eigenvalue weighted by Gasteiger charge is -2.15. The number of rotatable bonds is 19. The van der Waals surface area contributed by atoms with E-state index in [0.717, 1.165) is 6.04 Å². The maximum absolute atomic E-state index is 11.5. The van der Waals surface area contributed by atoms with E-state index < -0.39 is 14.2 Å². The van der Waals surface area contributed by atoms with Gasteiger partial charge in [0.15, 0.2) is 0 Å². The lowest BCUT2D eigenvalue weighted by atomic mass is 10.6. The van der Waals surface area contributed by atoms with Crippen molar-refractivity contribution in [1.82, 2.24) is 15.1 Å². The summed E-state index contributed by atoms with van der Waals surface area (Å²) < 4.78 is 33.6. The van der Waals surface area contributed by atoms with Gasteiger partial charge in [-0.1, -0.05) is 19.6 Å². The largest absolute Gasteiger partial charge is 0.478 e. The van der Waals surface area contributed by atoms with Crippen LogP contribution in [0.15, 0.2) is 6.20 Å². The minimum atomic E-state index is -1.18. The highest BCUT2D eigenvalue weighted by Gasteiger charge is 2.13. The summed E-state index contributed by atoms with van der Waals surface area (Å²) in [6.45, 7) is 12.0. The SMILES string of the molecule is COc1nn(CCOCCOCCOCCOCCNC(=O)OCC[Si](C)(C)C)cc1N. The van der Waals surface area contributed by atoms with Gasteiger partial charge in [0, 0.05) is 14.6 Å². The van der Waals surface area contributed by atoms with Crippen molar-refractivity contribution in [2.24, 2.45) is 0 Å². The Morgan fingerprint density at radius 1 is 0.969 bits per heavy atom. The Balaban J connectivity index is 1.79. The van der Waals surface area contributed by atoms with Crippen LogP contribution in [0.25, 0.3) is 0 Å². The van der Waals surface area contributed by atoms with Gasteiger partial charge in [-0.3, -0.25) is 4.68 Å². The summed E-state index contributed by atoms with van der Waals surface area (Å²) >= 11 is 0. The molecule has 0 fully saturated rings. The van der Waals surface area contributed by atoms with Crippen LogP contribution in [-0.2, 0) is 30.2 Å². The Morgan fingerprint density at radius 2 is 1.53 bits per heavy atom. The van der Waals surface area contributed by atoms with Crippen molar-refractivity contribution in [2.75, 3.05) is 78.9 Å². The van der Waals surface area contributed by atoms with Gasteiger partial charge in [-0.15, -0.1) is 5.10 Å². The number of alkyl carbamates (subject to hydrolysis) is 1. The van der Waals surface area contributed by atoms with E-state index in [1.807, 2.05) is 0 Å². The molecular formula is C20H40N4O7Si. The van der Waals surface area contributed by atoms with Gasteiger partial charge in [-0.05, 0) is 6.04 Å². The molecule has 0 saturated carbocycles. The first-order chi connectivity index (χ1) is 15.3. The molecule has 0 saturated heterocycles. The van der Waals surface area contributed by atoms with Gasteiger partial charge in [0.2, 0.25) is 0 Å². The molecule has 3 N–H and O–H groups in total.